The van der Waals surface area contributed by atoms with Crippen molar-refractivity contribution in [3.63, 3.8) is 0 Å². The first-order valence-electron chi connectivity index (χ1n) is 8.12. The highest BCUT2D eigenvalue weighted by Crippen LogP contribution is 2.40. The van der Waals surface area contributed by atoms with Crippen molar-refractivity contribution in [3.05, 3.63) is 114 Å². The predicted octanol–water partition coefficient (Wildman–Crippen LogP) is 4.03. The molecule has 121 valence electrons. The molecule has 0 aliphatic rings. The Kier molecular flexibility index (Phi) is 3.78. The van der Waals surface area contributed by atoms with Gasteiger partial charge in [0.15, 0.2) is 0 Å². The predicted molar refractivity (Wildman–Crippen MR) is 97.4 cm³/mol. The second-order valence-electron chi connectivity index (χ2n) is 5.82. The Morgan fingerprint density at radius 2 is 1.04 bits per heavy atom. The zero-order chi connectivity index (χ0) is 17.1. The molecule has 0 unspecified atom stereocenters. The molecule has 1 heterocycles. The average molecular weight is 325 g/mol. The van der Waals surface area contributed by atoms with Gasteiger partial charge in [0.1, 0.15) is 11.9 Å². The second kappa shape index (κ2) is 6.24. The van der Waals surface area contributed by atoms with Gasteiger partial charge in [-0.3, -0.25) is 5.73 Å². The summed E-state index contributed by atoms with van der Waals surface area (Å²) in [7, 11) is 0. The lowest BCUT2D eigenvalue weighted by Gasteiger charge is -2.35. The number of rotatable bonds is 4. The van der Waals surface area contributed by atoms with E-state index in [1.54, 1.807) is 11.0 Å². The van der Waals surface area contributed by atoms with E-state index in [4.69, 9.17) is 5.73 Å². The molecule has 0 atom stereocenters. The van der Waals surface area contributed by atoms with Crippen molar-refractivity contribution in [2.45, 2.75) is 5.54 Å². The minimum atomic E-state index is -0.684. The highest BCUT2D eigenvalue weighted by atomic mass is 15.4. The molecule has 0 saturated carbocycles. The maximum absolute atomic E-state index is 7.84. The third-order valence-electron chi connectivity index (χ3n) is 4.41. The van der Waals surface area contributed by atoms with E-state index in [9.17, 15) is 0 Å². The summed E-state index contributed by atoms with van der Waals surface area (Å²) in [6.07, 6.45) is 1.63. The van der Waals surface area contributed by atoms with Gasteiger partial charge >= 0.3 is 0 Å². The third kappa shape index (κ3) is 2.48. The van der Waals surface area contributed by atoms with Crippen LogP contribution in [0.15, 0.2) is 97.3 Å². The number of aromatic nitrogens is 3. The lowest BCUT2D eigenvalue weighted by molar-refractivity contribution is 0.459. The van der Waals surface area contributed by atoms with E-state index in [0.29, 0.717) is 0 Å². The van der Waals surface area contributed by atoms with Gasteiger partial charge in [0.05, 0.1) is 0 Å². The average Bonchev–Trinajstić information content (AvgIpc) is 3.12. The summed E-state index contributed by atoms with van der Waals surface area (Å²) in [5.41, 5.74) is 10.4. The summed E-state index contributed by atoms with van der Waals surface area (Å²) in [5, 5.41) is 4.38. The molecule has 4 aromatic rings. The molecule has 0 aliphatic carbocycles. The smallest absolute Gasteiger partial charge is 0.260 e. The van der Waals surface area contributed by atoms with Gasteiger partial charge in [-0.2, -0.15) is 4.98 Å². The van der Waals surface area contributed by atoms with Crippen LogP contribution in [0, 0.1) is 0 Å². The van der Waals surface area contributed by atoms with Crippen LogP contribution in [0.4, 0.5) is 5.95 Å². The summed E-state index contributed by atoms with van der Waals surface area (Å²) < 4.78 is 1.79. The Hall–Kier alpha value is -3.40. The van der Waals surface area contributed by atoms with Gasteiger partial charge in [-0.15, -0.1) is 5.10 Å². The Balaban J connectivity index is 2.12. The number of hydrogen-bond donors (Lipinski definition) is 0. The summed E-state index contributed by atoms with van der Waals surface area (Å²) in [5.74, 6) is 0.00664. The van der Waals surface area contributed by atoms with E-state index in [0.717, 1.165) is 16.7 Å². The third-order valence-corrected chi connectivity index (χ3v) is 4.41. The van der Waals surface area contributed by atoms with Crippen LogP contribution in [-0.2, 0) is 5.54 Å². The minimum absolute atomic E-state index is 0.00664. The molecule has 1 N–H and O–H groups in total. The number of nitrogens with zero attached hydrogens (tertiary/aromatic N) is 3. The molecular formula is C21H17N4. The van der Waals surface area contributed by atoms with Crippen molar-refractivity contribution in [1.82, 2.24) is 20.5 Å². The van der Waals surface area contributed by atoms with E-state index in [2.05, 4.69) is 46.5 Å². The van der Waals surface area contributed by atoms with Crippen molar-refractivity contribution >= 4 is 5.95 Å². The first-order valence-corrected chi connectivity index (χ1v) is 8.12. The molecule has 0 saturated heterocycles. The van der Waals surface area contributed by atoms with Gasteiger partial charge in [0, 0.05) is 0 Å². The molecule has 0 aliphatic heterocycles. The van der Waals surface area contributed by atoms with Crippen molar-refractivity contribution < 1.29 is 0 Å². The maximum atomic E-state index is 7.84. The molecule has 3 aromatic carbocycles. The Bertz CT molecular complexity index is 850. The summed E-state index contributed by atoms with van der Waals surface area (Å²) in [6.45, 7) is 0. The lowest BCUT2D eigenvalue weighted by Crippen LogP contribution is -2.38. The zero-order valence-corrected chi connectivity index (χ0v) is 13.6. The lowest BCUT2D eigenvalue weighted by atomic mass is 9.77. The number of nitrogens with one attached hydrogen (secondary N) is 1. The van der Waals surface area contributed by atoms with Crippen LogP contribution in [0.1, 0.15) is 16.7 Å². The van der Waals surface area contributed by atoms with Crippen LogP contribution >= 0.6 is 0 Å². The van der Waals surface area contributed by atoms with E-state index >= 15 is 0 Å². The normalized spacial score (nSPS) is 11.4. The van der Waals surface area contributed by atoms with Crippen molar-refractivity contribution in [3.8, 4) is 0 Å². The fraction of sp³-hybridized carbons (Fsp3) is 0.0476. The van der Waals surface area contributed by atoms with Gasteiger partial charge in [-0.05, 0) is 16.7 Å². The van der Waals surface area contributed by atoms with Crippen LogP contribution in [0.3, 0.4) is 0 Å². The molecule has 1 radical (unpaired) electrons. The highest BCUT2D eigenvalue weighted by Gasteiger charge is 2.39. The van der Waals surface area contributed by atoms with E-state index < -0.39 is 5.54 Å². The summed E-state index contributed by atoms with van der Waals surface area (Å²) in [4.78, 5) is 4.08. The summed E-state index contributed by atoms with van der Waals surface area (Å²) in [6, 6.07) is 30.7. The monoisotopic (exact) mass is 325 g/mol. The van der Waals surface area contributed by atoms with E-state index in [1.807, 2.05) is 54.6 Å². The topological polar surface area (TPSA) is 54.5 Å². The maximum Gasteiger partial charge on any atom is 0.260 e. The van der Waals surface area contributed by atoms with Crippen molar-refractivity contribution in [2.75, 3.05) is 0 Å². The van der Waals surface area contributed by atoms with Crippen LogP contribution < -0.4 is 5.73 Å². The molecule has 4 heteroatoms. The number of benzene rings is 3. The van der Waals surface area contributed by atoms with Gasteiger partial charge in [-0.1, -0.05) is 91.0 Å². The standard InChI is InChI=1S/C21H17N4/c22-20-23-16-25(24-20)21(17-10-4-1-5-11-17,18-12-6-2-7-13-18)19-14-8-3-9-15-19/h1-16,22H. The van der Waals surface area contributed by atoms with Gasteiger partial charge in [0.25, 0.3) is 5.95 Å². The molecule has 4 rings (SSSR count). The van der Waals surface area contributed by atoms with Gasteiger partial charge < -0.3 is 0 Å². The van der Waals surface area contributed by atoms with Crippen LogP contribution in [0.5, 0.6) is 0 Å². The molecule has 1 aromatic heterocycles. The van der Waals surface area contributed by atoms with Gasteiger partial charge in [-0.25, -0.2) is 4.68 Å². The molecule has 0 bridgehead atoms. The fourth-order valence-corrected chi connectivity index (χ4v) is 3.36. The molecule has 0 spiro atoms. The SMILES string of the molecule is [NH]c1ncn(C(c2ccccc2)(c2ccccc2)c2ccccc2)n1. The first-order chi connectivity index (χ1) is 12.3. The summed E-state index contributed by atoms with van der Waals surface area (Å²) >= 11 is 0. The quantitative estimate of drug-likeness (QED) is 0.532. The molecule has 0 amide bonds. The van der Waals surface area contributed by atoms with E-state index in [1.165, 1.54) is 0 Å². The van der Waals surface area contributed by atoms with Crippen molar-refractivity contribution in [2.24, 2.45) is 0 Å². The van der Waals surface area contributed by atoms with Crippen molar-refractivity contribution in [1.29, 1.82) is 0 Å². The number of hydrogen-bond acceptors (Lipinski definition) is 2. The second-order valence-corrected chi connectivity index (χ2v) is 5.82. The molecule has 0 fully saturated rings. The molecule has 25 heavy (non-hydrogen) atoms. The molecular weight excluding hydrogens is 308 g/mol. The first kappa shape index (κ1) is 15.1. The van der Waals surface area contributed by atoms with Crippen LogP contribution in [0.25, 0.3) is 0 Å². The Morgan fingerprint density at radius 1 is 0.640 bits per heavy atom. The highest BCUT2D eigenvalue weighted by molar-refractivity contribution is 5.50. The van der Waals surface area contributed by atoms with Gasteiger partial charge in [0.2, 0.25) is 0 Å². The zero-order valence-electron chi connectivity index (χ0n) is 13.6. The van der Waals surface area contributed by atoms with Crippen LogP contribution in [0.2, 0.25) is 0 Å². The molecule has 4 nitrogen and oxygen atoms in total. The Morgan fingerprint density at radius 3 is 1.36 bits per heavy atom. The largest absolute Gasteiger partial charge is 0.264 e. The minimum Gasteiger partial charge on any atom is -0.264 e. The Labute approximate surface area is 146 Å². The fourth-order valence-electron chi connectivity index (χ4n) is 3.36. The van der Waals surface area contributed by atoms with Crippen LogP contribution in [-0.4, -0.2) is 14.8 Å². The van der Waals surface area contributed by atoms with E-state index in [-0.39, 0.29) is 5.95 Å².